The Morgan fingerprint density at radius 3 is 2.11 bits per heavy atom. The summed E-state index contributed by atoms with van der Waals surface area (Å²) in [6.07, 6.45) is 4.24. The summed E-state index contributed by atoms with van der Waals surface area (Å²) in [6.45, 7) is 2.29. The van der Waals surface area contributed by atoms with Crippen molar-refractivity contribution in [3.63, 3.8) is 0 Å². The zero-order valence-corrected chi connectivity index (χ0v) is 6.72. The molecule has 1 nitrogen and oxygen atoms in total. The van der Waals surface area contributed by atoms with E-state index in [9.17, 15) is 0 Å². The van der Waals surface area contributed by atoms with E-state index in [1.54, 1.807) is 0 Å². The van der Waals surface area contributed by atoms with Crippen molar-refractivity contribution in [2.75, 3.05) is 14.1 Å². The van der Waals surface area contributed by atoms with Crippen molar-refractivity contribution in [1.29, 1.82) is 0 Å². The standard InChI is InChI=1S/C8H17N/c1-4-7-5-6-8(7)9(2)3/h7-8H,4-6H2,1-3H3. The second-order valence-electron chi connectivity index (χ2n) is 3.28. The van der Waals surface area contributed by atoms with Crippen LogP contribution in [0, 0.1) is 5.92 Å². The van der Waals surface area contributed by atoms with Gasteiger partial charge in [-0.05, 0) is 32.9 Å². The molecule has 2 atom stereocenters. The second-order valence-corrected chi connectivity index (χ2v) is 3.28. The quantitative estimate of drug-likeness (QED) is 0.546. The fourth-order valence-electron chi connectivity index (χ4n) is 1.71. The molecule has 0 aromatic carbocycles. The highest BCUT2D eigenvalue weighted by atomic mass is 15.1. The van der Waals surface area contributed by atoms with Crippen molar-refractivity contribution in [2.45, 2.75) is 32.2 Å². The Kier molecular flexibility index (Phi) is 2.12. The molecule has 1 fully saturated rings. The highest BCUT2D eigenvalue weighted by Gasteiger charge is 2.30. The molecule has 1 aliphatic rings. The van der Waals surface area contributed by atoms with Crippen LogP contribution in [0.1, 0.15) is 26.2 Å². The van der Waals surface area contributed by atoms with Crippen molar-refractivity contribution in [3.8, 4) is 0 Å². The van der Waals surface area contributed by atoms with Gasteiger partial charge in [-0.2, -0.15) is 0 Å². The predicted molar refractivity (Wildman–Crippen MR) is 40.5 cm³/mol. The van der Waals surface area contributed by atoms with Crippen LogP contribution in [0.15, 0.2) is 0 Å². The van der Waals surface area contributed by atoms with Gasteiger partial charge in [0.25, 0.3) is 0 Å². The molecule has 0 heterocycles. The highest BCUT2D eigenvalue weighted by molar-refractivity contribution is 4.85. The molecule has 0 radical (unpaired) electrons. The lowest BCUT2D eigenvalue weighted by molar-refractivity contribution is 0.104. The minimum Gasteiger partial charge on any atom is -0.306 e. The summed E-state index contributed by atoms with van der Waals surface area (Å²) >= 11 is 0. The van der Waals surface area contributed by atoms with Gasteiger partial charge in [-0.15, -0.1) is 0 Å². The average molecular weight is 127 g/mol. The van der Waals surface area contributed by atoms with Crippen LogP contribution >= 0.6 is 0 Å². The zero-order valence-electron chi connectivity index (χ0n) is 6.72. The Morgan fingerprint density at radius 2 is 2.00 bits per heavy atom. The van der Waals surface area contributed by atoms with Crippen LogP contribution in [-0.4, -0.2) is 25.0 Å². The van der Waals surface area contributed by atoms with E-state index in [1.165, 1.54) is 19.3 Å². The summed E-state index contributed by atoms with van der Waals surface area (Å²) in [5.41, 5.74) is 0. The van der Waals surface area contributed by atoms with E-state index in [4.69, 9.17) is 0 Å². The molecule has 1 aliphatic carbocycles. The molecular formula is C8H17N. The summed E-state index contributed by atoms with van der Waals surface area (Å²) in [7, 11) is 4.37. The van der Waals surface area contributed by atoms with Crippen LogP contribution in [-0.2, 0) is 0 Å². The first-order chi connectivity index (χ1) is 4.25. The minimum atomic E-state index is 0.898. The first-order valence-corrected chi connectivity index (χ1v) is 3.92. The van der Waals surface area contributed by atoms with E-state index in [0.717, 1.165) is 12.0 Å². The topological polar surface area (TPSA) is 3.24 Å². The van der Waals surface area contributed by atoms with Crippen molar-refractivity contribution >= 4 is 0 Å². The van der Waals surface area contributed by atoms with E-state index in [0.29, 0.717) is 0 Å². The normalized spacial score (nSPS) is 34.7. The Bertz CT molecular complexity index is 86.6. The fourth-order valence-corrected chi connectivity index (χ4v) is 1.71. The van der Waals surface area contributed by atoms with Crippen LogP contribution < -0.4 is 0 Å². The smallest absolute Gasteiger partial charge is 0.0117 e. The molecule has 9 heavy (non-hydrogen) atoms. The van der Waals surface area contributed by atoms with Crippen LogP contribution in [0.25, 0.3) is 0 Å². The Labute approximate surface area is 58.0 Å². The maximum absolute atomic E-state index is 2.36. The van der Waals surface area contributed by atoms with Gasteiger partial charge in [0, 0.05) is 6.04 Å². The lowest BCUT2D eigenvalue weighted by Gasteiger charge is -2.40. The predicted octanol–water partition coefficient (Wildman–Crippen LogP) is 1.74. The second kappa shape index (κ2) is 2.70. The first-order valence-electron chi connectivity index (χ1n) is 3.92. The number of hydrogen-bond acceptors (Lipinski definition) is 1. The monoisotopic (exact) mass is 127 g/mol. The molecule has 0 amide bonds. The van der Waals surface area contributed by atoms with Crippen LogP contribution in [0.4, 0.5) is 0 Å². The molecule has 0 N–H and O–H groups in total. The minimum absolute atomic E-state index is 0.898. The summed E-state index contributed by atoms with van der Waals surface area (Å²) < 4.78 is 0. The Balaban J connectivity index is 2.27. The average Bonchev–Trinajstić information content (AvgIpc) is 1.61. The third kappa shape index (κ3) is 1.26. The van der Waals surface area contributed by atoms with Gasteiger partial charge in [0.05, 0.1) is 0 Å². The van der Waals surface area contributed by atoms with Gasteiger partial charge in [0.15, 0.2) is 0 Å². The molecule has 1 rings (SSSR count). The maximum atomic E-state index is 2.36. The van der Waals surface area contributed by atoms with Crippen molar-refractivity contribution in [2.24, 2.45) is 5.92 Å². The van der Waals surface area contributed by atoms with E-state index >= 15 is 0 Å². The first kappa shape index (κ1) is 7.07. The van der Waals surface area contributed by atoms with Gasteiger partial charge in [0.2, 0.25) is 0 Å². The molecule has 0 aromatic heterocycles. The van der Waals surface area contributed by atoms with Crippen LogP contribution in [0.5, 0.6) is 0 Å². The van der Waals surface area contributed by atoms with Gasteiger partial charge in [0.1, 0.15) is 0 Å². The van der Waals surface area contributed by atoms with Gasteiger partial charge in [-0.25, -0.2) is 0 Å². The number of nitrogens with zero attached hydrogens (tertiary/aromatic N) is 1. The molecule has 2 unspecified atom stereocenters. The van der Waals surface area contributed by atoms with Gasteiger partial charge >= 0.3 is 0 Å². The summed E-state index contributed by atoms with van der Waals surface area (Å²) in [5.74, 6) is 1.000. The van der Waals surface area contributed by atoms with E-state index < -0.39 is 0 Å². The summed E-state index contributed by atoms with van der Waals surface area (Å²) in [6, 6.07) is 0.898. The number of hydrogen-bond donors (Lipinski definition) is 0. The van der Waals surface area contributed by atoms with Crippen LogP contribution in [0.2, 0.25) is 0 Å². The van der Waals surface area contributed by atoms with Gasteiger partial charge in [-0.3, -0.25) is 0 Å². The van der Waals surface area contributed by atoms with E-state index in [-0.39, 0.29) is 0 Å². The molecule has 1 saturated carbocycles. The van der Waals surface area contributed by atoms with Gasteiger partial charge in [-0.1, -0.05) is 13.3 Å². The molecule has 0 aliphatic heterocycles. The van der Waals surface area contributed by atoms with Crippen LogP contribution in [0.3, 0.4) is 0 Å². The van der Waals surface area contributed by atoms with E-state index in [2.05, 4.69) is 25.9 Å². The third-order valence-corrected chi connectivity index (χ3v) is 2.57. The maximum Gasteiger partial charge on any atom is 0.0117 e. The molecule has 1 heteroatoms. The molecule has 0 spiro atoms. The van der Waals surface area contributed by atoms with Crippen molar-refractivity contribution in [1.82, 2.24) is 4.90 Å². The number of rotatable bonds is 2. The van der Waals surface area contributed by atoms with Crippen molar-refractivity contribution in [3.05, 3.63) is 0 Å². The highest BCUT2D eigenvalue weighted by Crippen LogP contribution is 2.32. The van der Waals surface area contributed by atoms with Crippen molar-refractivity contribution < 1.29 is 0 Å². The third-order valence-electron chi connectivity index (χ3n) is 2.57. The lowest BCUT2D eigenvalue weighted by atomic mass is 9.77. The largest absolute Gasteiger partial charge is 0.306 e. The van der Waals surface area contributed by atoms with Gasteiger partial charge < -0.3 is 4.90 Å². The Hall–Kier alpha value is -0.0400. The molecule has 54 valence electrons. The summed E-state index contributed by atoms with van der Waals surface area (Å²) in [5, 5.41) is 0. The molecule has 0 saturated heterocycles. The van der Waals surface area contributed by atoms with E-state index in [1.807, 2.05) is 0 Å². The summed E-state index contributed by atoms with van der Waals surface area (Å²) in [4.78, 5) is 2.36. The molecule has 0 bridgehead atoms. The fraction of sp³-hybridized carbons (Fsp3) is 1.00. The zero-order chi connectivity index (χ0) is 6.85. The Morgan fingerprint density at radius 1 is 1.33 bits per heavy atom. The lowest BCUT2D eigenvalue weighted by Crippen LogP contribution is -2.42. The molecule has 0 aromatic rings. The molecular weight excluding hydrogens is 110 g/mol. The SMILES string of the molecule is CCC1CCC1N(C)C.